The van der Waals surface area contributed by atoms with Crippen LogP contribution in [-0.2, 0) is 11.2 Å². The van der Waals surface area contributed by atoms with E-state index in [1.54, 1.807) is 7.11 Å². The standard InChI is InChI=1S/C19H24N2O2/c1-3-5-19(22)21-17-10-8-16(9-11-17)20-13-12-15-6-4-7-18(14-15)23-2/h4,6-11,14,20H,3,5,12-13H2,1-2H3,(H,21,22). The van der Waals surface area contributed by atoms with E-state index in [-0.39, 0.29) is 5.91 Å². The third kappa shape index (κ3) is 5.66. The van der Waals surface area contributed by atoms with Crippen molar-refractivity contribution in [3.63, 3.8) is 0 Å². The highest BCUT2D eigenvalue weighted by Gasteiger charge is 2.01. The van der Waals surface area contributed by atoms with E-state index in [4.69, 9.17) is 4.74 Å². The van der Waals surface area contributed by atoms with Gasteiger partial charge in [-0.05, 0) is 54.8 Å². The zero-order valence-electron chi connectivity index (χ0n) is 13.8. The predicted octanol–water partition coefficient (Wildman–Crippen LogP) is 4.09. The molecule has 0 radical (unpaired) electrons. The number of rotatable bonds is 8. The van der Waals surface area contributed by atoms with Crippen molar-refractivity contribution in [1.29, 1.82) is 0 Å². The summed E-state index contributed by atoms with van der Waals surface area (Å²) < 4.78 is 5.23. The highest BCUT2D eigenvalue weighted by molar-refractivity contribution is 5.90. The molecule has 2 N–H and O–H groups in total. The Balaban J connectivity index is 1.80. The van der Waals surface area contributed by atoms with Gasteiger partial charge in [0.15, 0.2) is 0 Å². The van der Waals surface area contributed by atoms with Gasteiger partial charge in [0.1, 0.15) is 5.75 Å². The number of methoxy groups -OCH3 is 1. The van der Waals surface area contributed by atoms with E-state index in [1.165, 1.54) is 5.56 Å². The van der Waals surface area contributed by atoms with Gasteiger partial charge in [-0.3, -0.25) is 4.79 Å². The summed E-state index contributed by atoms with van der Waals surface area (Å²) in [5.74, 6) is 0.945. The van der Waals surface area contributed by atoms with Crippen molar-refractivity contribution >= 4 is 17.3 Å². The first-order valence-corrected chi connectivity index (χ1v) is 7.98. The van der Waals surface area contributed by atoms with E-state index < -0.39 is 0 Å². The number of benzene rings is 2. The van der Waals surface area contributed by atoms with Gasteiger partial charge in [0.05, 0.1) is 7.11 Å². The van der Waals surface area contributed by atoms with Gasteiger partial charge in [-0.25, -0.2) is 0 Å². The third-order valence-electron chi connectivity index (χ3n) is 3.52. The van der Waals surface area contributed by atoms with Gasteiger partial charge in [-0.2, -0.15) is 0 Å². The molecule has 0 unspecified atom stereocenters. The number of carbonyl (C=O) groups excluding carboxylic acids is 1. The highest BCUT2D eigenvalue weighted by Crippen LogP contribution is 2.15. The first-order valence-electron chi connectivity index (χ1n) is 7.98. The molecular weight excluding hydrogens is 288 g/mol. The lowest BCUT2D eigenvalue weighted by Gasteiger charge is -2.09. The summed E-state index contributed by atoms with van der Waals surface area (Å²) in [4.78, 5) is 11.5. The molecule has 0 fully saturated rings. The molecule has 122 valence electrons. The molecule has 4 nitrogen and oxygen atoms in total. The Bertz CT molecular complexity index is 624. The van der Waals surface area contributed by atoms with Gasteiger partial charge in [0, 0.05) is 24.3 Å². The van der Waals surface area contributed by atoms with Gasteiger partial charge in [0.2, 0.25) is 5.91 Å². The zero-order valence-corrected chi connectivity index (χ0v) is 13.8. The smallest absolute Gasteiger partial charge is 0.224 e. The van der Waals surface area contributed by atoms with E-state index in [2.05, 4.69) is 16.7 Å². The van der Waals surface area contributed by atoms with Crippen molar-refractivity contribution in [2.24, 2.45) is 0 Å². The lowest BCUT2D eigenvalue weighted by Crippen LogP contribution is -2.10. The first kappa shape index (κ1) is 16.9. The van der Waals surface area contributed by atoms with Crippen molar-refractivity contribution < 1.29 is 9.53 Å². The summed E-state index contributed by atoms with van der Waals surface area (Å²) in [6.07, 6.45) is 2.34. The topological polar surface area (TPSA) is 50.4 Å². The monoisotopic (exact) mass is 312 g/mol. The summed E-state index contributed by atoms with van der Waals surface area (Å²) >= 11 is 0. The molecule has 0 heterocycles. The SMILES string of the molecule is CCCC(=O)Nc1ccc(NCCc2cccc(OC)c2)cc1. The Labute approximate surface area is 137 Å². The van der Waals surface area contributed by atoms with E-state index in [1.807, 2.05) is 49.4 Å². The summed E-state index contributed by atoms with van der Waals surface area (Å²) in [6.45, 7) is 2.84. The molecule has 0 atom stereocenters. The fourth-order valence-electron chi connectivity index (χ4n) is 2.30. The third-order valence-corrected chi connectivity index (χ3v) is 3.52. The molecule has 0 saturated heterocycles. The molecule has 2 aromatic carbocycles. The van der Waals surface area contributed by atoms with Crippen LogP contribution in [0.2, 0.25) is 0 Å². The molecular formula is C19H24N2O2. The summed E-state index contributed by atoms with van der Waals surface area (Å²) in [6, 6.07) is 15.9. The molecule has 0 bridgehead atoms. The van der Waals surface area contributed by atoms with Gasteiger partial charge in [-0.15, -0.1) is 0 Å². The molecule has 0 aliphatic heterocycles. The number of nitrogens with one attached hydrogen (secondary N) is 2. The number of hydrogen-bond donors (Lipinski definition) is 2. The first-order chi connectivity index (χ1) is 11.2. The summed E-state index contributed by atoms with van der Waals surface area (Å²) in [5.41, 5.74) is 3.11. The minimum absolute atomic E-state index is 0.0613. The second-order valence-electron chi connectivity index (χ2n) is 5.40. The van der Waals surface area contributed by atoms with Gasteiger partial charge in [0.25, 0.3) is 0 Å². The van der Waals surface area contributed by atoms with Crippen LogP contribution in [0.1, 0.15) is 25.3 Å². The lowest BCUT2D eigenvalue weighted by atomic mass is 10.1. The van der Waals surface area contributed by atoms with Crippen molar-refractivity contribution in [3.8, 4) is 5.75 Å². The van der Waals surface area contributed by atoms with Gasteiger partial charge >= 0.3 is 0 Å². The number of amides is 1. The van der Waals surface area contributed by atoms with Crippen LogP contribution in [0, 0.1) is 0 Å². The summed E-state index contributed by atoms with van der Waals surface area (Å²) in [7, 11) is 1.68. The fourth-order valence-corrected chi connectivity index (χ4v) is 2.30. The molecule has 0 aliphatic rings. The second kappa shape index (κ2) is 8.83. The number of anilines is 2. The van der Waals surface area contributed by atoms with Crippen LogP contribution < -0.4 is 15.4 Å². The zero-order chi connectivity index (χ0) is 16.5. The quantitative estimate of drug-likeness (QED) is 0.772. The lowest BCUT2D eigenvalue weighted by molar-refractivity contribution is -0.116. The maximum Gasteiger partial charge on any atom is 0.224 e. The van der Waals surface area contributed by atoms with Crippen molar-refractivity contribution in [1.82, 2.24) is 0 Å². The molecule has 1 amide bonds. The number of carbonyl (C=O) groups is 1. The van der Waals surface area contributed by atoms with Crippen LogP contribution in [0.15, 0.2) is 48.5 Å². The van der Waals surface area contributed by atoms with Crippen molar-refractivity contribution in [3.05, 3.63) is 54.1 Å². The van der Waals surface area contributed by atoms with Crippen LogP contribution in [0.4, 0.5) is 11.4 Å². The van der Waals surface area contributed by atoms with E-state index in [9.17, 15) is 4.79 Å². The van der Waals surface area contributed by atoms with E-state index in [0.717, 1.165) is 36.5 Å². The minimum Gasteiger partial charge on any atom is -0.497 e. The molecule has 23 heavy (non-hydrogen) atoms. The van der Waals surface area contributed by atoms with Crippen molar-refractivity contribution in [2.75, 3.05) is 24.3 Å². The predicted molar refractivity (Wildman–Crippen MR) is 95.2 cm³/mol. The summed E-state index contributed by atoms with van der Waals surface area (Å²) in [5, 5.41) is 6.27. The van der Waals surface area contributed by atoms with Crippen LogP contribution in [-0.4, -0.2) is 19.6 Å². The van der Waals surface area contributed by atoms with E-state index in [0.29, 0.717) is 6.42 Å². The molecule has 4 heteroatoms. The Morgan fingerprint density at radius 2 is 1.83 bits per heavy atom. The Morgan fingerprint density at radius 3 is 2.52 bits per heavy atom. The largest absolute Gasteiger partial charge is 0.497 e. The fraction of sp³-hybridized carbons (Fsp3) is 0.316. The van der Waals surface area contributed by atoms with Crippen LogP contribution in [0.5, 0.6) is 5.75 Å². The molecule has 0 aromatic heterocycles. The van der Waals surface area contributed by atoms with E-state index >= 15 is 0 Å². The Morgan fingerprint density at radius 1 is 1.09 bits per heavy atom. The van der Waals surface area contributed by atoms with Gasteiger partial charge < -0.3 is 15.4 Å². The average molecular weight is 312 g/mol. The Kier molecular flexibility index (Phi) is 6.48. The maximum absolute atomic E-state index is 11.5. The molecule has 2 rings (SSSR count). The van der Waals surface area contributed by atoms with Crippen molar-refractivity contribution in [2.45, 2.75) is 26.2 Å². The maximum atomic E-state index is 11.5. The van der Waals surface area contributed by atoms with Gasteiger partial charge in [-0.1, -0.05) is 19.1 Å². The normalized spacial score (nSPS) is 10.2. The van der Waals surface area contributed by atoms with Crippen LogP contribution in [0.25, 0.3) is 0 Å². The number of ether oxygens (including phenoxy) is 1. The number of hydrogen-bond acceptors (Lipinski definition) is 3. The second-order valence-corrected chi connectivity index (χ2v) is 5.40. The van der Waals surface area contributed by atoms with Crippen LogP contribution >= 0.6 is 0 Å². The Hall–Kier alpha value is -2.49. The minimum atomic E-state index is 0.0613. The highest BCUT2D eigenvalue weighted by atomic mass is 16.5. The molecule has 2 aromatic rings. The average Bonchev–Trinajstić information content (AvgIpc) is 2.57. The molecule has 0 aliphatic carbocycles. The molecule has 0 spiro atoms. The molecule has 0 saturated carbocycles. The van der Waals surface area contributed by atoms with Crippen LogP contribution in [0.3, 0.4) is 0 Å².